The molecule has 2 aromatic carbocycles. The van der Waals surface area contributed by atoms with E-state index in [1.54, 1.807) is 0 Å². The Bertz CT molecular complexity index is 1410. The Morgan fingerprint density at radius 3 is 2.46 bits per heavy atom. The van der Waals surface area contributed by atoms with E-state index in [2.05, 4.69) is 51.1 Å². The molecule has 2 aliphatic rings. The molecule has 1 fully saturated rings. The summed E-state index contributed by atoms with van der Waals surface area (Å²) in [6.45, 7) is 6.53. The lowest BCUT2D eigenvalue weighted by molar-refractivity contribution is -0.143. The van der Waals surface area contributed by atoms with E-state index in [-0.39, 0.29) is 11.3 Å². The Morgan fingerprint density at radius 2 is 1.76 bits per heavy atom. The van der Waals surface area contributed by atoms with Crippen LogP contribution >= 0.6 is 0 Å². The first-order chi connectivity index (χ1) is 17.7. The van der Waals surface area contributed by atoms with Crippen molar-refractivity contribution >= 4 is 40.3 Å². The highest BCUT2D eigenvalue weighted by molar-refractivity contribution is 6.07. The van der Waals surface area contributed by atoms with Gasteiger partial charge in [-0.15, -0.1) is 0 Å². The number of nitrogens with zero attached hydrogens (tertiary/aromatic N) is 2. The third-order valence-corrected chi connectivity index (χ3v) is 7.19. The number of fused-ring (bicyclic) bond motifs is 2. The number of esters is 1. The second-order valence-electron chi connectivity index (χ2n) is 10.8. The van der Waals surface area contributed by atoms with Gasteiger partial charge in [0.15, 0.2) is 6.61 Å². The van der Waals surface area contributed by atoms with Gasteiger partial charge in [0.2, 0.25) is 5.91 Å². The molecule has 190 valence electrons. The van der Waals surface area contributed by atoms with Crippen molar-refractivity contribution in [2.75, 3.05) is 13.2 Å². The summed E-state index contributed by atoms with van der Waals surface area (Å²) in [6, 6.07) is 16.1. The molecule has 1 saturated heterocycles. The van der Waals surface area contributed by atoms with E-state index in [1.165, 1.54) is 10.5 Å². The number of likely N-dealkylation sites (tertiary alicyclic amines) is 1. The summed E-state index contributed by atoms with van der Waals surface area (Å²) in [7, 11) is 0. The minimum Gasteiger partial charge on any atom is -0.452 e. The first-order valence-electron chi connectivity index (χ1n) is 13.0. The molecular weight excluding hydrogens is 464 g/mol. The van der Waals surface area contributed by atoms with Crippen LogP contribution in [0.3, 0.4) is 0 Å². The van der Waals surface area contributed by atoms with Crippen molar-refractivity contribution in [2.24, 2.45) is 0 Å². The fourth-order valence-electron chi connectivity index (χ4n) is 5.18. The Labute approximate surface area is 217 Å². The zero-order valence-corrected chi connectivity index (χ0v) is 21.7. The maximum absolute atomic E-state index is 13.4. The Balaban J connectivity index is 1.49. The number of hydrogen-bond donors (Lipinski definition) is 0. The van der Waals surface area contributed by atoms with Gasteiger partial charge in [-0.1, -0.05) is 63.2 Å². The predicted octanol–water partition coefficient (Wildman–Crippen LogP) is 5.72. The van der Waals surface area contributed by atoms with Crippen LogP contribution in [0, 0.1) is 0 Å². The van der Waals surface area contributed by atoms with E-state index >= 15 is 0 Å². The Kier molecular flexibility index (Phi) is 6.67. The molecule has 2 heterocycles. The van der Waals surface area contributed by atoms with E-state index in [0.29, 0.717) is 42.3 Å². The van der Waals surface area contributed by atoms with Crippen molar-refractivity contribution in [3.05, 3.63) is 76.5 Å². The maximum atomic E-state index is 13.4. The SMILES string of the molecule is CC(C)(C)c1ccc(C=C2CCCc3c2nc2ccccc2c3C(=O)OCC(=O)N2CCCC2=O)cc1. The fourth-order valence-corrected chi connectivity index (χ4v) is 5.18. The lowest BCUT2D eigenvalue weighted by Gasteiger charge is -2.23. The van der Waals surface area contributed by atoms with E-state index in [9.17, 15) is 14.4 Å². The first-order valence-corrected chi connectivity index (χ1v) is 13.0. The summed E-state index contributed by atoms with van der Waals surface area (Å²) in [5, 5.41) is 0.715. The van der Waals surface area contributed by atoms with Crippen LogP contribution < -0.4 is 0 Å². The number of para-hydroxylation sites is 1. The van der Waals surface area contributed by atoms with Gasteiger partial charge in [0.25, 0.3) is 5.91 Å². The number of imide groups is 1. The highest BCUT2D eigenvalue weighted by Crippen LogP contribution is 2.36. The number of ether oxygens (including phenoxy) is 1. The number of pyridine rings is 1. The Hall–Kier alpha value is -3.80. The monoisotopic (exact) mass is 496 g/mol. The average Bonchev–Trinajstić information content (AvgIpc) is 3.31. The summed E-state index contributed by atoms with van der Waals surface area (Å²) >= 11 is 0. The van der Waals surface area contributed by atoms with Crippen molar-refractivity contribution < 1.29 is 19.1 Å². The number of rotatable bonds is 4. The molecule has 5 rings (SSSR count). The molecule has 3 aromatic rings. The van der Waals surface area contributed by atoms with Gasteiger partial charge in [-0.3, -0.25) is 14.5 Å². The molecule has 6 heteroatoms. The molecule has 2 amide bonds. The standard InChI is InChI=1S/C31H32N2O4/c1-31(2,3)22-15-13-20(14-16-22)18-21-8-6-10-24-28(23-9-4-5-11-25(23)32-29(21)24)30(36)37-19-27(35)33-17-7-12-26(33)34/h4-5,9,11,13-16,18H,6-8,10,12,17,19H2,1-3H3. The number of benzene rings is 2. The molecule has 1 aliphatic carbocycles. The van der Waals surface area contributed by atoms with Crippen LogP contribution in [-0.4, -0.2) is 40.8 Å². The zero-order chi connectivity index (χ0) is 26.2. The molecule has 0 radical (unpaired) electrons. The summed E-state index contributed by atoms with van der Waals surface area (Å²) < 4.78 is 5.49. The fraction of sp³-hybridized carbons (Fsp3) is 0.355. The van der Waals surface area contributed by atoms with Crippen LogP contribution in [-0.2, 0) is 26.2 Å². The van der Waals surface area contributed by atoms with Gasteiger partial charge < -0.3 is 4.74 Å². The van der Waals surface area contributed by atoms with E-state index in [1.807, 2.05) is 24.3 Å². The molecule has 0 spiro atoms. The molecule has 37 heavy (non-hydrogen) atoms. The first kappa shape index (κ1) is 24.9. The van der Waals surface area contributed by atoms with Gasteiger partial charge in [-0.05, 0) is 65.5 Å². The smallest absolute Gasteiger partial charge is 0.339 e. The number of aromatic nitrogens is 1. The topological polar surface area (TPSA) is 76.6 Å². The van der Waals surface area contributed by atoms with E-state index in [0.717, 1.165) is 35.2 Å². The molecule has 0 bridgehead atoms. The predicted molar refractivity (Wildman–Crippen MR) is 144 cm³/mol. The van der Waals surface area contributed by atoms with Gasteiger partial charge >= 0.3 is 5.97 Å². The molecule has 6 nitrogen and oxygen atoms in total. The van der Waals surface area contributed by atoms with Gasteiger partial charge in [-0.2, -0.15) is 0 Å². The zero-order valence-electron chi connectivity index (χ0n) is 21.7. The van der Waals surface area contributed by atoms with Crippen LogP contribution in [0.15, 0.2) is 48.5 Å². The van der Waals surface area contributed by atoms with Crippen LogP contribution in [0.1, 0.15) is 79.2 Å². The highest BCUT2D eigenvalue weighted by atomic mass is 16.5. The quantitative estimate of drug-likeness (QED) is 0.432. The van der Waals surface area contributed by atoms with Crippen molar-refractivity contribution in [3.63, 3.8) is 0 Å². The molecule has 0 unspecified atom stereocenters. The van der Waals surface area contributed by atoms with Crippen LogP contribution in [0.5, 0.6) is 0 Å². The van der Waals surface area contributed by atoms with Crippen LogP contribution in [0.25, 0.3) is 22.6 Å². The van der Waals surface area contributed by atoms with Gasteiger partial charge in [0.05, 0.1) is 16.8 Å². The van der Waals surface area contributed by atoms with E-state index in [4.69, 9.17) is 9.72 Å². The normalized spacial score (nSPS) is 16.8. The molecule has 1 aliphatic heterocycles. The van der Waals surface area contributed by atoms with Crippen LogP contribution in [0.2, 0.25) is 0 Å². The van der Waals surface area contributed by atoms with Crippen molar-refractivity contribution in [1.29, 1.82) is 0 Å². The number of amides is 2. The lowest BCUT2D eigenvalue weighted by atomic mass is 9.85. The summed E-state index contributed by atoms with van der Waals surface area (Å²) in [5.74, 6) is -1.23. The minimum atomic E-state index is -0.550. The second kappa shape index (κ2) is 9.92. The van der Waals surface area contributed by atoms with Gasteiger partial charge in [0.1, 0.15) is 0 Å². The largest absolute Gasteiger partial charge is 0.452 e. The van der Waals surface area contributed by atoms with Crippen molar-refractivity contribution in [3.8, 4) is 0 Å². The average molecular weight is 497 g/mol. The molecular formula is C31H32N2O4. The second-order valence-corrected chi connectivity index (χ2v) is 10.8. The Morgan fingerprint density at radius 1 is 1.00 bits per heavy atom. The third-order valence-electron chi connectivity index (χ3n) is 7.19. The number of allylic oxidation sites excluding steroid dienone is 1. The minimum absolute atomic E-state index is 0.0856. The summed E-state index contributed by atoms with van der Waals surface area (Å²) in [6.07, 6.45) is 5.62. The van der Waals surface area contributed by atoms with Gasteiger partial charge in [-0.25, -0.2) is 9.78 Å². The summed E-state index contributed by atoms with van der Waals surface area (Å²) in [5.41, 5.74) is 6.40. The lowest BCUT2D eigenvalue weighted by Crippen LogP contribution is -2.35. The molecule has 1 aromatic heterocycles. The molecule has 0 saturated carbocycles. The summed E-state index contributed by atoms with van der Waals surface area (Å²) in [4.78, 5) is 43.9. The molecule has 0 atom stereocenters. The van der Waals surface area contributed by atoms with Crippen molar-refractivity contribution in [1.82, 2.24) is 9.88 Å². The van der Waals surface area contributed by atoms with Crippen LogP contribution in [0.4, 0.5) is 0 Å². The van der Waals surface area contributed by atoms with Gasteiger partial charge in [0, 0.05) is 18.4 Å². The highest BCUT2D eigenvalue weighted by Gasteiger charge is 2.29. The van der Waals surface area contributed by atoms with E-state index < -0.39 is 18.5 Å². The number of hydrogen-bond acceptors (Lipinski definition) is 5. The maximum Gasteiger partial charge on any atom is 0.339 e. The molecule has 0 N–H and O–H groups in total. The third kappa shape index (κ3) is 5.06. The van der Waals surface area contributed by atoms with Crippen molar-refractivity contribution in [2.45, 2.75) is 58.3 Å². The number of carbonyl (C=O) groups excluding carboxylic acids is 3. The number of carbonyl (C=O) groups is 3.